The number of ether oxygens (including phenoxy) is 1. The van der Waals surface area contributed by atoms with Crippen molar-refractivity contribution >= 4 is 16.0 Å². The Bertz CT molecular complexity index is 918. The van der Waals surface area contributed by atoms with Gasteiger partial charge in [-0.05, 0) is 38.0 Å². The fourth-order valence-electron chi connectivity index (χ4n) is 2.97. The molecule has 3 rings (SSSR count). The number of nitrogens with one attached hydrogen (secondary N) is 1. The second-order valence-electron chi connectivity index (χ2n) is 6.11. The molecule has 0 fully saturated rings. The van der Waals surface area contributed by atoms with E-state index in [-0.39, 0.29) is 18.8 Å². The first kappa shape index (κ1) is 17.6. The summed E-state index contributed by atoms with van der Waals surface area (Å²) in [6, 6.07) is 5.37. The van der Waals surface area contributed by atoms with Gasteiger partial charge in [-0.2, -0.15) is 9.40 Å². The molecule has 1 N–H and O–H groups in total. The summed E-state index contributed by atoms with van der Waals surface area (Å²) in [5, 5.41) is 6.84. The number of H-pyrrole nitrogens is 1. The quantitative estimate of drug-likeness (QED) is 0.838. The number of carbonyl (C=O) groups is 1. The van der Waals surface area contributed by atoms with Crippen LogP contribution in [0.15, 0.2) is 23.1 Å². The molecule has 0 amide bonds. The van der Waals surface area contributed by atoms with E-state index in [1.807, 2.05) is 13.0 Å². The van der Waals surface area contributed by atoms with Crippen molar-refractivity contribution < 1.29 is 17.9 Å². The van der Waals surface area contributed by atoms with Crippen molar-refractivity contribution in [3.05, 3.63) is 46.3 Å². The Morgan fingerprint density at radius 3 is 2.84 bits per heavy atom. The first-order valence-corrected chi connectivity index (χ1v) is 9.59. The van der Waals surface area contributed by atoms with Crippen LogP contribution in [-0.2, 0) is 27.7 Å². The number of fused-ring (bicyclic) bond motifs is 1. The van der Waals surface area contributed by atoms with Gasteiger partial charge in [-0.1, -0.05) is 12.1 Å². The van der Waals surface area contributed by atoms with Crippen LogP contribution in [0.25, 0.3) is 0 Å². The minimum Gasteiger partial charge on any atom is -0.461 e. The van der Waals surface area contributed by atoms with Crippen molar-refractivity contribution in [2.45, 2.75) is 38.6 Å². The molecule has 0 unspecified atom stereocenters. The van der Waals surface area contributed by atoms with Crippen LogP contribution in [0, 0.1) is 13.8 Å². The Morgan fingerprint density at radius 1 is 1.36 bits per heavy atom. The number of rotatable bonds is 4. The van der Waals surface area contributed by atoms with Gasteiger partial charge in [0.05, 0.1) is 11.5 Å². The Hall–Kier alpha value is -2.19. The molecule has 0 atom stereocenters. The van der Waals surface area contributed by atoms with E-state index in [0.29, 0.717) is 29.0 Å². The molecule has 2 heterocycles. The molecule has 0 radical (unpaired) electrons. The summed E-state index contributed by atoms with van der Waals surface area (Å²) in [5.41, 5.74) is 3.14. The van der Waals surface area contributed by atoms with E-state index in [2.05, 4.69) is 10.2 Å². The van der Waals surface area contributed by atoms with E-state index < -0.39 is 16.0 Å². The molecule has 1 aromatic carbocycles. The van der Waals surface area contributed by atoms with Crippen LogP contribution < -0.4 is 0 Å². The molecule has 0 spiro atoms. The van der Waals surface area contributed by atoms with E-state index in [1.165, 1.54) is 4.31 Å². The van der Waals surface area contributed by atoms with Crippen LogP contribution in [0.5, 0.6) is 0 Å². The lowest BCUT2D eigenvalue weighted by Gasteiger charge is -2.27. The maximum atomic E-state index is 13.1. The summed E-state index contributed by atoms with van der Waals surface area (Å²) < 4.78 is 32.6. The number of aromatic nitrogens is 2. The molecule has 1 aromatic heterocycles. The van der Waals surface area contributed by atoms with Gasteiger partial charge in [0.2, 0.25) is 10.0 Å². The van der Waals surface area contributed by atoms with Gasteiger partial charge < -0.3 is 4.74 Å². The van der Waals surface area contributed by atoms with Gasteiger partial charge in [-0.3, -0.25) is 5.10 Å². The Kier molecular flexibility index (Phi) is 4.66. The molecule has 2 aromatic rings. The van der Waals surface area contributed by atoms with Gasteiger partial charge in [-0.15, -0.1) is 0 Å². The minimum atomic E-state index is -3.65. The van der Waals surface area contributed by atoms with E-state index in [0.717, 1.165) is 11.3 Å². The maximum absolute atomic E-state index is 13.1. The number of carbonyl (C=O) groups excluding carboxylic acids is 1. The highest BCUT2D eigenvalue weighted by Gasteiger charge is 2.33. The molecule has 0 saturated heterocycles. The summed E-state index contributed by atoms with van der Waals surface area (Å²) >= 11 is 0. The van der Waals surface area contributed by atoms with Crippen molar-refractivity contribution in [1.82, 2.24) is 14.5 Å². The van der Waals surface area contributed by atoms with Crippen LogP contribution in [0.2, 0.25) is 0 Å². The number of hydrogen-bond acceptors (Lipinski definition) is 5. The van der Waals surface area contributed by atoms with E-state index in [9.17, 15) is 13.2 Å². The molecule has 1 aliphatic rings. The fraction of sp³-hybridized carbons (Fsp3) is 0.412. The Balaban J connectivity index is 1.95. The average Bonchev–Trinajstić information content (AvgIpc) is 3.00. The second kappa shape index (κ2) is 6.61. The standard InChI is InChI=1S/C17H21N3O4S/c1-4-24-17(21)16-13-10-20(8-7-14(13)18-19-16)25(22,23)15-9-11(2)5-6-12(15)3/h5-6,9H,4,7-8,10H2,1-3H3,(H,18,19). The number of sulfonamides is 1. The van der Waals surface area contributed by atoms with Crippen LogP contribution in [0.3, 0.4) is 0 Å². The van der Waals surface area contributed by atoms with Gasteiger partial charge >= 0.3 is 5.97 Å². The second-order valence-corrected chi connectivity index (χ2v) is 8.01. The van der Waals surface area contributed by atoms with Gasteiger partial charge in [0.1, 0.15) is 0 Å². The maximum Gasteiger partial charge on any atom is 0.359 e. The summed E-state index contributed by atoms with van der Waals surface area (Å²) in [6.45, 7) is 6.05. The Labute approximate surface area is 147 Å². The van der Waals surface area contributed by atoms with Gasteiger partial charge in [-0.25, -0.2) is 13.2 Å². The molecule has 0 aliphatic carbocycles. The lowest BCUT2D eigenvalue weighted by atomic mass is 10.1. The first-order valence-electron chi connectivity index (χ1n) is 8.15. The Morgan fingerprint density at radius 2 is 2.12 bits per heavy atom. The van der Waals surface area contributed by atoms with Gasteiger partial charge in [0.25, 0.3) is 0 Å². The third-order valence-corrected chi connectivity index (χ3v) is 6.32. The molecule has 8 heteroatoms. The van der Waals surface area contributed by atoms with Crippen molar-refractivity contribution in [3.8, 4) is 0 Å². The summed E-state index contributed by atoms with van der Waals surface area (Å²) in [6.07, 6.45) is 0.478. The van der Waals surface area contributed by atoms with Crippen LogP contribution in [0.4, 0.5) is 0 Å². The van der Waals surface area contributed by atoms with Crippen LogP contribution in [-0.4, -0.2) is 42.0 Å². The molecular weight excluding hydrogens is 342 g/mol. The van der Waals surface area contributed by atoms with E-state index >= 15 is 0 Å². The topological polar surface area (TPSA) is 92.4 Å². The molecule has 7 nitrogen and oxygen atoms in total. The number of aryl methyl sites for hydroxylation is 2. The summed E-state index contributed by atoms with van der Waals surface area (Å²) in [4.78, 5) is 12.3. The van der Waals surface area contributed by atoms with Crippen molar-refractivity contribution in [2.24, 2.45) is 0 Å². The van der Waals surface area contributed by atoms with Crippen molar-refractivity contribution in [3.63, 3.8) is 0 Å². The average molecular weight is 363 g/mol. The molecule has 1 aliphatic heterocycles. The van der Waals surface area contributed by atoms with E-state index in [1.54, 1.807) is 26.0 Å². The van der Waals surface area contributed by atoms with Gasteiger partial charge in [0.15, 0.2) is 5.69 Å². The highest BCUT2D eigenvalue weighted by Crippen LogP contribution is 2.28. The summed E-state index contributed by atoms with van der Waals surface area (Å²) in [7, 11) is -3.65. The minimum absolute atomic E-state index is 0.107. The third kappa shape index (κ3) is 3.19. The smallest absolute Gasteiger partial charge is 0.359 e. The lowest BCUT2D eigenvalue weighted by molar-refractivity contribution is 0.0517. The zero-order valence-corrected chi connectivity index (χ0v) is 15.3. The SMILES string of the molecule is CCOC(=O)c1n[nH]c2c1CN(S(=O)(=O)c1cc(C)ccc1C)CC2. The first-order chi connectivity index (χ1) is 11.8. The molecular formula is C17H21N3O4S. The number of hydrogen-bond donors (Lipinski definition) is 1. The predicted octanol–water partition coefficient (Wildman–Crippen LogP) is 1.95. The highest BCUT2D eigenvalue weighted by atomic mass is 32.2. The monoisotopic (exact) mass is 363 g/mol. The van der Waals surface area contributed by atoms with Crippen molar-refractivity contribution in [1.29, 1.82) is 0 Å². The zero-order valence-electron chi connectivity index (χ0n) is 14.5. The van der Waals surface area contributed by atoms with Gasteiger partial charge in [0, 0.05) is 30.8 Å². The summed E-state index contributed by atoms with van der Waals surface area (Å²) in [5.74, 6) is -0.536. The van der Waals surface area contributed by atoms with Crippen molar-refractivity contribution in [2.75, 3.05) is 13.2 Å². The molecule has 0 saturated carbocycles. The highest BCUT2D eigenvalue weighted by molar-refractivity contribution is 7.89. The molecule has 25 heavy (non-hydrogen) atoms. The predicted molar refractivity (Wildman–Crippen MR) is 91.8 cm³/mol. The largest absolute Gasteiger partial charge is 0.461 e. The molecule has 134 valence electrons. The van der Waals surface area contributed by atoms with E-state index in [4.69, 9.17) is 4.74 Å². The van der Waals surface area contributed by atoms with Crippen LogP contribution in [0.1, 0.15) is 39.8 Å². The van der Waals surface area contributed by atoms with Crippen LogP contribution >= 0.6 is 0 Å². The number of nitrogens with zero attached hydrogens (tertiary/aromatic N) is 2. The zero-order chi connectivity index (χ0) is 18.2. The third-order valence-electron chi connectivity index (χ3n) is 4.33. The molecule has 0 bridgehead atoms. The number of esters is 1. The normalized spacial score (nSPS) is 15.0. The number of aromatic amines is 1. The lowest BCUT2D eigenvalue weighted by Crippen LogP contribution is -2.36. The number of benzene rings is 1. The fourth-order valence-corrected chi connectivity index (χ4v) is 4.69.